The number of rotatable bonds is 2. The number of benzene rings is 1. The van der Waals surface area contributed by atoms with Gasteiger partial charge in [-0.3, -0.25) is 4.79 Å². The third-order valence-electron chi connectivity index (χ3n) is 4.29. The van der Waals surface area contributed by atoms with Crippen LogP contribution in [0, 0.1) is 0 Å². The van der Waals surface area contributed by atoms with Crippen LogP contribution >= 0.6 is 0 Å². The minimum Gasteiger partial charge on any atom is -0.465 e. The Morgan fingerprint density at radius 3 is 2.62 bits per heavy atom. The van der Waals surface area contributed by atoms with Gasteiger partial charge in [0.2, 0.25) is 0 Å². The summed E-state index contributed by atoms with van der Waals surface area (Å²) in [7, 11) is 1.31. The van der Waals surface area contributed by atoms with Crippen molar-refractivity contribution in [1.82, 2.24) is 4.57 Å². The highest BCUT2D eigenvalue weighted by atomic mass is 16.5. The Morgan fingerprint density at radius 2 is 1.90 bits per heavy atom. The Labute approximate surface area is 123 Å². The molecule has 1 aliphatic rings. The minimum atomic E-state index is -0.560. The molecule has 1 heterocycles. The van der Waals surface area contributed by atoms with E-state index in [1.54, 1.807) is 10.6 Å². The van der Waals surface area contributed by atoms with Crippen molar-refractivity contribution in [3.63, 3.8) is 0 Å². The molecule has 0 unspecified atom stereocenters. The van der Waals surface area contributed by atoms with Crippen LogP contribution in [0.3, 0.4) is 0 Å². The molecule has 1 saturated carbocycles. The zero-order chi connectivity index (χ0) is 14.8. The Bertz CT molecular complexity index is 726. The van der Waals surface area contributed by atoms with E-state index < -0.39 is 5.97 Å². The van der Waals surface area contributed by atoms with E-state index in [2.05, 4.69) is 0 Å². The van der Waals surface area contributed by atoms with E-state index >= 15 is 0 Å². The van der Waals surface area contributed by atoms with E-state index in [0.717, 1.165) is 36.6 Å². The number of hydrogen-bond donors (Lipinski definition) is 0. The number of methoxy groups -OCH3 is 1. The van der Waals surface area contributed by atoms with Crippen molar-refractivity contribution >= 4 is 16.9 Å². The Hall–Kier alpha value is -2.10. The SMILES string of the molecule is COC(=O)c1cc2ccccc2n(C2CCCCC2)c1=O. The fourth-order valence-corrected chi connectivity index (χ4v) is 3.24. The van der Waals surface area contributed by atoms with Gasteiger partial charge in [0.15, 0.2) is 0 Å². The number of ether oxygens (including phenoxy) is 1. The fourth-order valence-electron chi connectivity index (χ4n) is 3.24. The van der Waals surface area contributed by atoms with Gasteiger partial charge in [0.1, 0.15) is 5.56 Å². The molecule has 0 atom stereocenters. The van der Waals surface area contributed by atoms with Crippen molar-refractivity contribution < 1.29 is 9.53 Å². The van der Waals surface area contributed by atoms with Crippen molar-refractivity contribution in [1.29, 1.82) is 0 Å². The number of carbonyl (C=O) groups excluding carboxylic acids is 1. The maximum Gasteiger partial charge on any atom is 0.343 e. The number of fused-ring (bicyclic) bond motifs is 1. The van der Waals surface area contributed by atoms with Crippen LogP contribution in [0.4, 0.5) is 0 Å². The van der Waals surface area contributed by atoms with Gasteiger partial charge in [-0.05, 0) is 30.4 Å². The predicted octanol–water partition coefficient (Wildman–Crippen LogP) is 3.29. The molecule has 110 valence electrons. The lowest BCUT2D eigenvalue weighted by molar-refractivity contribution is 0.0598. The topological polar surface area (TPSA) is 48.3 Å². The first-order valence-electron chi connectivity index (χ1n) is 7.45. The third kappa shape index (κ3) is 2.46. The zero-order valence-corrected chi connectivity index (χ0v) is 12.2. The highest BCUT2D eigenvalue weighted by molar-refractivity contribution is 5.93. The fraction of sp³-hybridized carbons (Fsp3) is 0.412. The second-order valence-corrected chi connectivity index (χ2v) is 5.58. The number of esters is 1. The Morgan fingerprint density at radius 1 is 1.19 bits per heavy atom. The lowest BCUT2D eigenvalue weighted by Gasteiger charge is -2.26. The van der Waals surface area contributed by atoms with E-state index in [1.165, 1.54) is 13.5 Å². The molecule has 0 aliphatic heterocycles. The molecule has 4 heteroatoms. The molecular formula is C17H19NO3. The molecule has 0 N–H and O–H groups in total. The van der Waals surface area contributed by atoms with Crippen LogP contribution in [0.5, 0.6) is 0 Å². The summed E-state index contributed by atoms with van der Waals surface area (Å²) in [4.78, 5) is 24.6. The maximum atomic E-state index is 12.7. The van der Waals surface area contributed by atoms with E-state index in [0.29, 0.717) is 0 Å². The average molecular weight is 285 g/mol. The van der Waals surface area contributed by atoms with Crippen molar-refractivity contribution in [2.75, 3.05) is 7.11 Å². The van der Waals surface area contributed by atoms with Gasteiger partial charge < -0.3 is 9.30 Å². The lowest BCUT2D eigenvalue weighted by Crippen LogP contribution is -2.31. The normalized spacial score (nSPS) is 16.0. The molecule has 1 aromatic carbocycles. The molecule has 0 bridgehead atoms. The summed E-state index contributed by atoms with van der Waals surface area (Å²) in [6, 6.07) is 9.55. The molecule has 0 amide bonds. The number of hydrogen-bond acceptors (Lipinski definition) is 3. The van der Waals surface area contributed by atoms with Crippen molar-refractivity contribution in [3.05, 3.63) is 46.2 Å². The minimum absolute atomic E-state index is 0.127. The molecule has 0 spiro atoms. The molecule has 21 heavy (non-hydrogen) atoms. The molecule has 2 aromatic rings. The number of carbonyl (C=O) groups is 1. The molecular weight excluding hydrogens is 266 g/mol. The van der Waals surface area contributed by atoms with Crippen LogP contribution < -0.4 is 5.56 Å². The summed E-state index contributed by atoms with van der Waals surface area (Å²) in [5.74, 6) is -0.560. The van der Waals surface area contributed by atoms with Gasteiger partial charge in [0.05, 0.1) is 12.6 Å². The molecule has 1 fully saturated rings. The van der Waals surface area contributed by atoms with Gasteiger partial charge >= 0.3 is 5.97 Å². The van der Waals surface area contributed by atoms with Crippen LogP contribution in [0.25, 0.3) is 10.9 Å². The molecule has 0 saturated heterocycles. The summed E-state index contributed by atoms with van der Waals surface area (Å²) >= 11 is 0. The molecule has 3 rings (SSSR count). The first-order chi connectivity index (χ1) is 10.2. The van der Waals surface area contributed by atoms with Gasteiger partial charge in [-0.15, -0.1) is 0 Å². The van der Waals surface area contributed by atoms with Gasteiger partial charge in [-0.25, -0.2) is 4.79 Å². The van der Waals surface area contributed by atoms with Crippen LogP contribution in [0.2, 0.25) is 0 Å². The van der Waals surface area contributed by atoms with Crippen molar-refractivity contribution in [2.24, 2.45) is 0 Å². The summed E-state index contributed by atoms with van der Waals surface area (Å²) in [6.45, 7) is 0. The lowest BCUT2D eigenvalue weighted by atomic mass is 9.94. The average Bonchev–Trinajstić information content (AvgIpc) is 2.54. The van der Waals surface area contributed by atoms with E-state index in [9.17, 15) is 9.59 Å². The quantitative estimate of drug-likeness (QED) is 0.795. The maximum absolute atomic E-state index is 12.7. The summed E-state index contributed by atoms with van der Waals surface area (Å²) in [5.41, 5.74) is 0.802. The largest absolute Gasteiger partial charge is 0.465 e. The monoisotopic (exact) mass is 285 g/mol. The second kappa shape index (κ2) is 5.72. The van der Waals surface area contributed by atoms with E-state index in [-0.39, 0.29) is 17.2 Å². The Balaban J connectivity index is 2.26. The molecule has 1 aromatic heterocycles. The van der Waals surface area contributed by atoms with Crippen LogP contribution in [0.1, 0.15) is 48.5 Å². The molecule has 1 aliphatic carbocycles. The van der Waals surface area contributed by atoms with E-state index in [4.69, 9.17) is 4.74 Å². The molecule has 4 nitrogen and oxygen atoms in total. The van der Waals surface area contributed by atoms with Crippen molar-refractivity contribution in [2.45, 2.75) is 38.1 Å². The third-order valence-corrected chi connectivity index (χ3v) is 4.29. The number of aromatic nitrogens is 1. The molecule has 0 radical (unpaired) electrons. The van der Waals surface area contributed by atoms with Gasteiger partial charge in [0.25, 0.3) is 5.56 Å². The smallest absolute Gasteiger partial charge is 0.343 e. The first kappa shape index (κ1) is 13.9. The van der Waals surface area contributed by atoms with Gasteiger partial charge in [0, 0.05) is 6.04 Å². The standard InChI is InChI=1S/C17H19NO3/c1-21-17(20)14-11-12-7-5-6-10-15(12)18(16(14)19)13-8-3-2-4-9-13/h5-7,10-11,13H,2-4,8-9H2,1H3. The predicted molar refractivity (Wildman–Crippen MR) is 81.7 cm³/mol. The Kier molecular flexibility index (Phi) is 3.78. The summed E-state index contributed by atoms with van der Waals surface area (Å²) in [6.07, 6.45) is 5.48. The van der Waals surface area contributed by atoms with Gasteiger partial charge in [-0.2, -0.15) is 0 Å². The number of pyridine rings is 1. The summed E-state index contributed by atoms with van der Waals surface area (Å²) in [5, 5.41) is 0.906. The van der Waals surface area contributed by atoms with Crippen LogP contribution in [-0.2, 0) is 4.74 Å². The van der Waals surface area contributed by atoms with Gasteiger partial charge in [-0.1, -0.05) is 37.5 Å². The highest BCUT2D eigenvalue weighted by Gasteiger charge is 2.22. The zero-order valence-electron chi connectivity index (χ0n) is 12.2. The highest BCUT2D eigenvalue weighted by Crippen LogP contribution is 2.29. The number of para-hydroxylation sites is 1. The number of nitrogens with zero attached hydrogens (tertiary/aromatic N) is 1. The van der Waals surface area contributed by atoms with Crippen LogP contribution in [0.15, 0.2) is 35.1 Å². The second-order valence-electron chi connectivity index (χ2n) is 5.58. The van der Waals surface area contributed by atoms with Crippen LogP contribution in [-0.4, -0.2) is 17.6 Å². The van der Waals surface area contributed by atoms with Crippen molar-refractivity contribution in [3.8, 4) is 0 Å². The van der Waals surface area contributed by atoms with E-state index in [1.807, 2.05) is 24.3 Å². The summed E-state index contributed by atoms with van der Waals surface area (Å²) < 4.78 is 6.56. The first-order valence-corrected chi connectivity index (χ1v) is 7.45.